The van der Waals surface area contributed by atoms with E-state index in [-0.39, 0.29) is 11.5 Å². The largest absolute Gasteiger partial charge is 0.508 e. The molecule has 0 heterocycles. The quantitative estimate of drug-likeness (QED) is 0.465. The lowest BCUT2D eigenvalue weighted by Gasteiger charge is -2.00. The van der Waals surface area contributed by atoms with Crippen LogP contribution in [0.4, 0.5) is 0 Å². The molecule has 0 aliphatic rings. The van der Waals surface area contributed by atoms with Crippen molar-refractivity contribution in [1.29, 1.82) is 0 Å². The number of esters is 1. The zero-order valence-corrected chi connectivity index (χ0v) is 9.01. The van der Waals surface area contributed by atoms with Crippen LogP contribution in [0, 0.1) is 0 Å². The van der Waals surface area contributed by atoms with Gasteiger partial charge in [-0.25, -0.2) is 4.79 Å². The Hall–Kier alpha value is -1.97. The Morgan fingerprint density at radius 3 is 2.88 bits per heavy atom. The van der Waals surface area contributed by atoms with Crippen molar-refractivity contribution in [2.75, 3.05) is 6.61 Å². The van der Waals surface area contributed by atoms with Crippen molar-refractivity contribution < 1.29 is 19.7 Å². The molecular formula is C12H14O4. The highest BCUT2D eigenvalue weighted by atomic mass is 16.5. The molecule has 86 valence electrons. The maximum absolute atomic E-state index is 11.1. The molecule has 0 aliphatic heterocycles. The maximum atomic E-state index is 11.1. The van der Waals surface area contributed by atoms with Crippen molar-refractivity contribution >= 4 is 12.0 Å². The molecule has 4 nitrogen and oxygen atoms in total. The Balaban J connectivity index is 2.68. The van der Waals surface area contributed by atoms with E-state index in [9.17, 15) is 15.0 Å². The molecule has 1 aromatic carbocycles. The molecule has 4 heteroatoms. The number of rotatable bonds is 4. The number of aromatic hydroxyl groups is 2. The lowest BCUT2D eigenvalue weighted by Crippen LogP contribution is -2.00. The molecule has 0 saturated heterocycles. The van der Waals surface area contributed by atoms with Gasteiger partial charge in [-0.05, 0) is 30.7 Å². The highest BCUT2D eigenvalue weighted by Gasteiger charge is 2.00. The van der Waals surface area contributed by atoms with Crippen LogP contribution in [0.25, 0.3) is 6.08 Å². The van der Waals surface area contributed by atoms with E-state index >= 15 is 0 Å². The number of carbonyl (C=O) groups is 1. The van der Waals surface area contributed by atoms with Gasteiger partial charge >= 0.3 is 5.97 Å². The smallest absolute Gasteiger partial charge is 0.330 e. The summed E-state index contributed by atoms with van der Waals surface area (Å²) in [5.41, 5.74) is 0.369. The van der Waals surface area contributed by atoms with Crippen molar-refractivity contribution in [2.45, 2.75) is 13.3 Å². The normalized spacial score (nSPS) is 10.6. The summed E-state index contributed by atoms with van der Waals surface area (Å²) in [4.78, 5) is 11.1. The number of phenols is 2. The minimum Gasteiger partial charge on any atom is -0.508 e. The van der Waals surface area contributed by atoms with Gasteiger partial charge in [-0.3, -0.25) is 0 Å². The molecule has 0 atom stereocenters. The minimum atomic E-state index is -0.468. The van der Waals surface area contributed by atoms with E-state index in [2.05, 4.69) is 0 Å². The monoisotopic (exact) mass is 222 g/mol. The number of benzene rings is 1. The molecule has 1 aromatic rings. The zero-order chi connectivity index (χ0) is 12.0. The van der Waals surface area contributed by atoms with Gasteiger partial charge in [0, 0.05) is 11.6 Å². The van der Waals surface area contributed by atoms with Crippen LogP contribution in [-0.4, -0.2) is 22.8 Å². The fourth-order valence-corrected chi connectivity index (χ4v) is 1.08. The van der Waals surface area contributed by atoms with Crippen molar-refractivity contribution in [1.82, 2.24) is 0 Å². The van der Waals surface area contributed by atoms with Crippen LogP contribution in [0.5, 0.6) is 11.5 Å². The first-order chi connectivity index (χ1) is 7.63. The third-order valence-corrected chi connectivity index (χ3v) is 1.86. The summed E-state index contributed by atoms with van der Waals surface area (Å²) in [5, 5.41) is 18.6. The number of hydrogen-bond acceptors (Lipinski definition) is 4. The molecule has 16 heavy (non-hydrogen) atoms. The predicted molar refractivity (Wildman–Crippen MR) is 60.1 cm³/mol. The molecule has 0 amide bonds. The maximum Gasteiger partial charge on any atom is 0.330 e. The molecule has 1 rings (SSSR count). The fraction of sp³-hybridized carbons (Fsp3) is 0.250. The minimum absolute atomic E-state index is 0.00246. The van der Waals surface area contributed by atoms with Gasteiger partial charge in [0.05, 0.1) is 6.61 Å². The van der Waals surface area contributed by atoms with Crippen molar-refractivity contribution in [2.24, 2.45) is 0 Å². The molecule has 0 spiro atoms. The average Bonchev–Trinajstić information content (AvgIpc) is 2.27. The highest BCUT2D eigenvalue weighted by Crippen LogP contribution is 2.23. The van der Waals surface area contributed by atoms with Crippen LogP contribution >= 0.6 is 0 Å². The van der Waals surface area contributed by atoms with Crippen LogP contribution in [0.3, 0.4) is 0 Å². The summed E-state index contributed by atoms with van der Waals surface area (Å²) in [6.45, 7) is 2.27. The van der Waals surface area contributed by atoms with E-state index in [1.54, 1.807) is 0 Å². The van der Waals surface area contributed by atoms with Gasteiger partial charge in [0.25, 0.3) is 0 Å². The first-order valence-electron chi connectivity index (χ1n) is 5.00. The fourth-order valence-electron chi connectivity index (χ4n) is 1.08. The van der Waals surface area contributed by atoms with Gasteiger partial charge < -0.3 is 14.9 Å². The van der Waals surface area contributed by atoms with Gasteiger partial charge in [0.15, 0.2) is 0 Å². The second kappa shape index (κ2) is 5.80. The van der Waals surface area contributed by atoms with Gasteiger partial charge in [-0.1, -0.05) is 6.92 Å². The Morgan fingerprint density at radius 2 is 2.19 bits per heavy atom. The summed E-state index contributed by atoms with van der Waals surface area (Å²) in [5.74, 6) is -0.443. The van der Waals surface area contributed by atoms with Gasteiger partial charge in [-0.15, -0.1) is 0 Å². The van der Waals surface area contributed by atoms with Crippen LogP contribution in [0.2, 0.25) is 0 Å². The Bertz CT molecular complexity index is 396. The van der Waals surface area contributed by atoms with E-state index in [4.69, 9.17) is 4.74 Å². The molecule has 0 unspecified atom stereocenters. The average molecular weight is 222 g/mol. The molecule has 0 aromatic heterocycles. The van der Waals surface area contributed by atoms with Crippen molar-refractivity contribution in [3.8, 4) is 11.5 Å². The molecular weight excluding hydrogens is 208 g/mol. The number of ether oxygens (including phenoxy) is 1. The molecule has 2 N–H and O–H groups in total. The van der Waals surface area contributed by atoms with Crippen molar-refractivity contribution in [3.63, 3.8) is 0 Å². The number of phenolic OH excluding ortho intramolecular Hbond substituents is 2. The second-order valence-electron chi connectivity index (χ2n) is 3.24. The van der Waals surface area contributed by atoms with Crippen molar-refractivity contribution in [3.05, 3.63) is 29.8 Å². The first kappa shape index (κ1) is 12.1. The van der Waals surface area contributed by atoms with Gasteiger partial charge in [-0.2, -0.15) is 0 Å². The van der Waals surface area contributed by atoms with E-state index in [0.717, 1.165) is 6.42 Å². The molecule has 0 aliphatic carbocycles. The van der Waals surface area contributed by atoms with Crippen LogP contribution in [0.15, 0.2) is 24.3 Å². The Labute approximate surface area is 93.8 Å². The van der Waals surface area contributed by atoms with Gasteiger partial charge in [0.1, 0.15) is 11.5 Å². The van der Waals surface area contributed by atoms with E-state index in [0.29, 0.717) is 12.2 Å². The zero-order valence-electron chi connectivity index (χ0n) is 9.01. The number of hydrogen-bond donors (Lipinski definition) is 2. The standard InChI is InChI=1S/C12H14O4/c1-2-7-16-12(15)6-3-9-8-10(13)4-5-11(9)14/h3-6,8,13-14H,2,7H2,1H3/b6-3+. The van der Waals surface area contributed by atoms with Crippen LogP contribution in [-0.2, 0) is 9.53 Å². The summed E-state index contributed by atoms with van der Waals surface area (Å²) in [6, 6.07) is 4.08. The predicted octanol–water partition coefficient (Wildman–Crippen LogP) is 2.06. The Kier molecular flexibility index (Phi) is 4.39. The second-order valence-corrected chi connectivity index (χ2v) is 3.24. The van der Waals surface area contributed by atoms with E-state index in [1.165, 1.54) is 30.4 Å². The lowest BCUT2D eigenvalue weighted by atomic mass is 10.2. The van der Waals surface area contributed by atoms with Crippen LogP contribution < -0.4 is 0 Å². The summed E-state index contributed by atoms with van der Waals surface area (Å²) >= 11 is 0. The lowest BCUT2D eigenvalue weighted by molar-refractivity contribution is -0.137. The Morgan fingerprint density at radius 1 is 1.44 bits per heavy atom. The topological polar surface area (TPSA) is 66.8 Å². The molecule has 0 radical (unpaired) electrons. The SMILES string of the molecule is CCCOC(=O)/C=C/c1cc(O)ccc1O. The molecule has 0 saturated carbocycles. The van der Waals surface area contributed by atoms with E-state index in [1.807, 2.05) is 6.92 Å². The van der Waals surface area contributed by atoms with Crippen LogP contribution in [0.1, 0.15) is 18.9 Å². The molecule has 0 bridgehead atoms. The molecule has 0 fully saturated rings. The van der Waals surface area contributed by atoms with E-state index < -0.39 is 5.97 Å². The third-order valence-electron chi connectivity index (χ3n) is 1.86. The summed E-state index contributed by atoms with van der Waals surface area (Å²) in [7, 11) is 0. The highest BCUT2D eigenvalue weighted by molar-refractivity contribution is 5.87. The summed E-state index contributed by atoms with van der Waals surface area (Å²) < 4.78 is 4.81. The first-order valence-corrected chi connectivity index (χ1v) is 5.00. The third kappa shape index (κ3) is 3.65. The number of carbonyl (C=O) groups excluding carboxylic acids is 1. The summed E-state index contributed by atoms with van der Waals surface area (Å²) in [6.07, 6.45) is 3.37. The van der Waals surface area contributed by atoms with Gasteiger partial charge in [0.2, 0.25) is 0 Å².